The maximum atomic E-state index is 4.15. The summed E-state index contributed by atoms with van der Waals surface area (Å²) in [6.45, 7) is 2.09. The molecule has 3 rings (SSSR count). The van der Waals surface area contributed by atoms with Gasteiger partial charge in [0.05, 0.1) is 5.69 Å². The summed E-state index contributed by atoms with van der Waals surface area (Å²) >= 11 is 0. The zero-order valence-corrected chi connectivity index (χ0v) is 8.41. The fourth-order valence-corrected chi connectivity index (χ4v) is 1.79. The molecule has 0 saturated heterocycles. The standard InChI is InChI=1S/C12H11N3/c1-8-2-3-9-7-12(14-11(9)6-8)10-4-5-13-15-10/h2-7,14H,1H3,(H,13,15). The molecule has 0 saturated carbocycles. The Balaban J connectivity index is 2.22. The van der Waals surface area contributed by atoms with Crippen molar-refractivity contribution in [1.82, 2.24) is 15.2 Å². The number of nitrogens with one attached hydrogen (secondary N) is 2. The third-order valence-electron chi connectivity index (χ3n) is 2.55. The molecule has 0 aliphatic heterocycles. The Kier molecular flexibility index (Phi) is 1.65. The average molecular weight is 197 g/mol. The monoisotopic (exact) mass is 197 g/mol. The first-order valence-electron chi connectivity index (χ1n) is 4.92. The second-order valence-corrected chi connectivity index (χ2v) is 3.73. The third-order valence-corrected chi connectivity index (χ3v) is 2.55. The van der Waals surface area contributed by atoms with E-state index >= 15 is 0 Å². The normalized spacial score (nSPS) is 11.0. The minimum Gasteiger partial charge on any atom is -0.353 e. The van der Waals surface area contributed by atoms with Crippen LogP contribution in [0.3, 0.4) is 0 Å². The van der Waals surface area contributed by atoms with Crippen molar-refractivity contribution in [3.63, 3.8) is 0 Å². The summed E-state index contributed by atoms with van der Waals surface area (Å²) in [7, 11) is 0. The lowest BCUT2D eigenvalue weighted by molar-refractivity contribution is 1.09. The van der Waals surface area contributed by atoms with Crippen molar-refractivity contribution in [2.75, 3.05) is 0 Å². The van der Waals surface area contributed by atoms with E-state index in [9.17, 15) is 0 Å². The zero-order valence-electron chi connectivity index (χ0n) is 8.41. The first-order chi connectivity index (χ1) is 7.33. The van der Waals surface area contributed by atoms with Crippen molar-refractivity contribution >= 4 is 10.9 Å². The summed E-state index contributed by atoms with van der Waals surface area (Å²) in [5, 5.41) is 8.18. The zero-order chi connectivity index (χ0) is 10.3. The number of benzene rings is 1. The van der Waals surface area contributed by atoms with Gasteiger partial charge >= 0.3 is 0 Å². The van der Waals surface area contributed by atoms with E-state index in [2.05, 4.69) is 46.4 Å². The Labute approximate surface area is 87.1 Å². The fraction of sp³-hybridized carbons (Fsp3) is 0.0833. The number of hydrogen-bond donors (Lipinski definition) is 2. The van der Waals surface area contributed by atoms with Gasteiger partial charge in [0.2, 0.25) is 0 Å². The van der Waals surface area contributed by atoms with Gasteiger partial charge in [-0.05, 0) is 30.7 Å². The van der Waals surface area contributed by atoms with Gasteiger partial charge in [0.25, 0.3) is 0 Å². The van der Waals surface area contributed by atoms with E-state index in [4.69, 9.17) is 0 Å². The van der Waals surface area contributed by atoms with Gasteiger partial charge in [-0.2, -0.15) is 5.10 Å². The third kappa shape index (κ3) is 1.32. The lowest BCUT2D eigenvalue weighted by Gasteiger charge is -1.91. The summed E-state index contributed by atoms with van der Waals surface area (Å²) in [5.74, 6) is 0. The van der Waals surface area contributed by atoms with Crippen molar-refractivity contribution in [1.29, 1.82) is 0 Å². The molecule has 2 heterocycles. The molecule has 74 valence electrons. The molecular weight excluding hydrogens is 186 g/mol. The van der Waals surface area contributed by atoms with E-state index in [-0.39, 0.29) is 0 Å². The van der Waals surface area contributed by atoms with Crippen molar-refractivity contribution in [2.45, 2.75) is 6.92 Å². The average Bonchev–Trinajstić information content (AvgIpc) is 2.84. The largest absolute Gasteiger partial charge is 0.353 e. The Morgan fingerprint density at radius 1 is 1.13 bits per heavy atom. The van der Waals surface area contributed by atoms with Crippen LogP contribution in [-0.4, -0.2) is 15.2 Å². The van der Waals surface area contributed by atoms with Crippen LogP contribution in [0, 0.1) is 6.92 Å². The molecule has 0 aliphatic rings. The quantitative estimate of drug-likeness (QED) is 0.619. The highest BCUT2D eigenvalue weighted by molar-refractivity contribution is 5.85. The number of nitrogens with zero attached hydrogens (tertiary/aromatic N) is 1. The Morgan fingerprint density at radius 3 is 2.87 bits per heavy atom. The van der Waals surface area contributed by atoms with Gasteiger partial charge < -0.3 is 4.98 Å². The molecule has 3 aromatic rings. The summed E-state index contributed by atoms with van der Waals surface area (Å²) in [6, 6.07) is 10.5. The maximum absolute atomic E-state index is 4.15. The summed E-state index contributed by atoms with van der Waals surface area (Å²) in [4.78, 5) is 3.36. The van der Waals surface area contributed by atoms with E-state index in [0.717, 1.165) is 16.9 Å². The van der Waals surface area contributed by atoms with E-state index in [0.29, 0.717) is 0 Å². The predicted octanol–water partition coefficient (Wildman–Crippen LogP) is 2.87. The maximum Gasteiger partial charge on any atom is 0.108 e. The highest BCUT2D eigenvalue weighted by Crippen LogP contribution is 2.22. The molecule has 2 aromatic heterocycles. The predicted molar refractivity (Wildman–Crippen MR) is 60.6 cm³/mol. The van der Waals surface area contributed by atoms with E-state index in [1.165, 1.54) is 10.9 Å². The van der Waals surface area contributed by atoms with Crippen LogP contribution >= 0.6 is 0 Å². The lowest BCUT2D eigenvalue weighted by atomic mass is 10.2. The molecule has 0 bridgehead atoms. The van der Waals surface area contributed by atoms with E-state index in [1.54, 1.807) is 0 Å². The molecule has 3 heteroatoms. The van der Waals surface area contributed by atoms with Gasteiger partial charge in [0.1, 0.15) is 5.69 Å². The molecule has 0 fully saturated rings. The molecular formula is C12H11N3. The van der Waals surface area contributed by atoms with Gasteiger partial charge in [-0.1, -0.05) is 12.1 Å². The van der Waals surface area contributed by atoms with Crippen LogP contribution in [0.5, 0.6) is 0 Å². The highest BCUT2D eigenvalue weighted by atomic mass is 15.1. The summed E-state index contributed by atoms with van der Waals surface area (Å²) < 4.78 is 0. The number of aromatic nitrogens is 3. The number of hydrogen-bond acceptors (Lipinski definition) is 1. The molecule has 0 aliphatic carbocycles. The Bertz CT molecular complexity index is 590. The second-order valence-electron chi connectivity index (χ2n) is 3.73. The van der Waals surface area contributed by atoms with Crippen LogP contribution in [0.1, 0.15) is 5.56 Å². The molecule has 3 nitrogen and oxygen atoms in total. The summed E-state index contributed by atoms with van der Waals surface area (Å²) in [5.41, 5.74) is 4.42. The molecule has 15 heavy (non-hydrogen) atoms. The van der Waals surface area contributed by atoms with Gasteiger partial charge in [-0.15, -0.1) is 0 Å². The van der Waals surface area contributed by atoms with Gasteiger partial charge in [0.15, 0.2) is 0 Å². The van der Waals surface area contributed by atoms with Gasteiger partial charge in [-0.3, -0.25) is 5.10 Å². The van der Waals surface area contributed by atoms with Crippen molar-refractivity contribution in [3.05, 3.63) is 42.1 Å². The Morgan fingerprint density at radius 2 is 2.07 bits per heavy atom. The first-order valence-corrected chi connectivity index (χ1v) is 4.92. The van der Waals surface area contributed by atoms with E-state index < -0.39 is 0 Å². The number of fused-ring (bicyclic) bond motifs is 1. The summed E-state index contributed by atoms with van der Waals surface area (Å²) in [6.07, 6.45) is 1.83. The fourth-order valence-electron chi connectivity index (χ4n) is 1.79. The SMILES string of the molecule is Cc1ccc2cc(-c3cc[nH]n3)[nH]c2c1. The van der Waals surface area contributed by atoms with E-state index in [1.807, 2.05) is 12.3 Å². The van der Waals surface area contributed by atoms with Crippen molar-refractivity contribution < 1.29 is 0 Å². The van der Waals surface area contributed by atoms with Gasteiger partial charge in [-0.25, -0.2) is 0 Å². The second kappa shape index (κ2) is 2.98. The minimum atomic E-state index is 0.948. The van der Waals surface area contributed by atoms with Crippen LogP contribution in [0.15, 0.2) is 36.5 Å². The van der Waals surface area contributed by atoms with Gasteiger partial charge in [0, 0.05) is 17.1 Å². The van der Waals surface area contributed by atoms with Crippen LogP contribution in [0.2, 0.25) is 0 Å². The van der Waals surface area contributed by atoms with Crippen LogP contribution < -0.4 is 0 Å². The molecule has 0 atom stereocenters. The molecule has 0 spiro atoms. The number of rotatable bonds is 1. The molecule has 0 unspecified atom stereocenters. The molecule has 0 radical (unpaired) electrons. The van der Waals surface area contributed by atoms with Crippen LogP contribution in [0.25, 0.3) is 22.3 Å². The number of H-pyrrole nitrogens is 2. The lowest BCUT2D eigenvalue weighted by Crippen LogP contribution is -1.76. The van der Waals surface area contributed by atoms with Crippen molar-refractivity contribution in [3.8, 4) is 11.4 Å². The molecule has 1 aromatic carbocycles. The smallest absolute Gasteiger partial charge is 0.108 e. The molecule has 0 amide bonds. The van der Waals surface area contributed by atoms with Crippen molar-refractivity contribution in [2.24, 2.45) is 0 Å². The molecule has 2 N–H and O–H groups in total. The topological polar surface area (TPSA) is 44.5 Å². The number of aryl methyl sites for hydroxylation is 1. The van der Waals surface area contributed by atoms with Crippen LogP contribution in [-0.2, 0) is 0 Å². The minimum absolute atomic E-state index is 0.948. The highest BCUT2D eigenvalue weighted by Gasteiger charge is 2.04. The first kappa shape index (κ1) is 8.29. The Hall–Kier alpha value is -2.03. The number of aromatic amines is 2. The van der Waals surface area contributed by atoms with Crippen LogP contribution in [0.4, 0.5) is 0 Å².